The van der Waals surface area contributed by atoms with E-state index in [-0.39, 0.29) is 6.61 Å². The Balaban J connectivity index is 2.63. The summed E-state index contributed by atoms with van der Waals surface area (Å²) in [5, 5.41) is 2.99. The van der Waals surface area contributed by atoms with E-state index in [1.807, 2.05) is 6.07 Å². The summed E-state index contributed by atoms with van der Waals surface area (Å²) in [4.78, 5) is 11.9. The van der Waals surface area contributed by atoms with Gasteiger partial charge in [-0.2, -0.15) is 0 Å². The molecule has 5 nitrogen and oxygen atoms in total. The van der Waals surface area contributed by atoms with Gasteiger partial charge in [0.2, 0.25) is 5.91 Å². The van der Waals surface area contributed by atoms with Crippen LogP contribution in [0.2, 0.25) is 5.02 Å². The molecule has 0 spiro atoms. The van der Waals surface area contributed by atoms with Crippen molar-refractivity contribution in [3.8, 4) is 0 Å². The van der Waals surface area contributed by atoms with Crippen molar-refractivity contribution in [2.45, 2.75) is 12.6 Å². The minimum absolute atomic E-state index is 0.151. The fourth-order valence-corrected chi connectivity index (χ4v) is 5.06. The smallest absolute Gasteiger partial charge is 0.347 e. The van der Waals surface area contributed by atoms with E-state index in [0.717, 1.165) is 10.1 Å². The number of carbonyl (C=O) groups excluding carboxylic acids is 1. The number of primary amides is 1. The second-order valence-corrected chi connectivity index (χ2v) is 7.84. The molecule has 2 rings (SSSR count). The van der Waals surface area contributed by atoms with Gasteiger partial charge < -0.3 is 14.8 Å². The maximum Gasteiger partial charge on any atom is 0.347 e. The number of hydrogen-bond donors (Lipinski definition) is 1. The number of thiophene rings is 1. The Hall–Kier alpha value is -0.910. The van der Waals surface area contributed by atoms with E-state index in [2.05, 4.69) is 0 Å². The van der Waals surface area contributed by atoms with Crippen molar-refractivity contribution in [2.75, 3.05) is 13.7 Å². The van der Waals surface area contributed by atoms with Crippen molar-refractivity contribution in [2.24, 2.45) is 5.73 Å². The lowest BCUT2D eigenvalue weighted by Gasteiger charge is -2.22. The molecule has 8 heteroatoms. The van der Waals surface area contributed by atoms with Crippen LogP contribution in [0.5, 0.6) is 0 Å². The van der Waals surface area contributed by atoms with Gasteiger partial charge in [0.25, 0.3) is 0 Å². The number of rotatable bonds is 6. The Labute approximate surface area is 131 Å². The number of carbonyl (C=O) groups is 1. The zero-order valence-electron chi connectivity index (χ0n) is 11.5. The van der Waals surface area contributed by atoms with Gasteiger partial charge in [-0.1, -0.05) is 11.6 Å². The van der Waals surface area contributed by atoms with Gasteiger partial charge in [0.1, 0.15) is 0 Å². The Morgan fingerprint density at radius 3 is 2.81 bits per heavy atom. The number of fused-ring (bicyclic) bond motifs is 1. The molecule has 21 heavy (non-hydrogen) atoms. The fourth-order valence-electron chi connectivity index (χ4n) is 2.12. The van der Waals surface area contributed by atoms with Gasteiger partial charge in [-0.3, -0.25) is 9.36 Å². The molecule has 1 heterocycles. The molecule has 2 N–H and O–H groups in total. The van der Waals surface area contributed by atoms with Crippen LogP contribution >= 0.6 is 30.5 Å². The summed E-state index contributed by atoms with van der Waals surface area (Å²) in [6.07, 6.45) is 0. The van der Waals surface area contributed by atoms with Crippen molar-refractivity contribution < 1.29 is 18.4 Å². The topological polar surface area (TPSA) is 78.6 Å². The van der Waals surface area contributed by atoms with Gasteiger partial charge in [-0.05, 0) is 41.5 Å². The standard InChI is InChI=1S/C13H15ClNO4PS/c1-3-19-20(17,18-2)12(13(15)16)10-7-21-11-5-4-8(14)6-9(10)11/h4-7,12H,3H2,1-2H3,(H2,15,16). The summed E-state index contributed by atoms with van der Waals surface area (Å²) in [6, 6.07) is 5.30. The quantitative estimate of drug-likeness (QED) is 0.802. The summed E-state index contributed by atoms with van der Waals surface area (Å²) in [5.41, 5.74) is 4.81. The van der Waals surface area contributed by atoms with Crippen LogP contribution in [-0.4, -0.2) is 19.6 Å². The van der Waals surface area contributed by atoms with E-state index in [0.29, 0.717) is 10.6 Å². The number of hydrogen-bond acceptors (Lipinski definition) is 5. The lowest BCUT2D eigenvalue weighted by molar-refractivity contribution is -0.118. The van der Waals surface area contributed by atoms with Gasteiger partial charge in [0.15, 0.2) is 5.66 Å². The fraction of sp³-hybridized carbons (Fsp3) is 0.308. The Morgan fingerprint density at radius 1 is 1.52 bits per heavy atom. The van der Waals surface area contributed by atoms with Crippen LogP contribution in [0.4, 0.5) is 0 Å². The summed E-state index contributed by atoms with van der Waals surface area (Å²) in [6.45, 7) is 1.82. The van der Waals surface area contributed by atoms with Gasteiger partial charge in [-0.25, -0.2) is 0 Å². The summed E-state index contributed by atoms with van der Waals surface area (Å²) >= 11 is 7.41. The number of halogens is 1. The summed E-state index contributed by atoms with van der Waals surface area (Å²) in [5.74, 6) is -0.756. The molecular formula is C13H15ClNO4PS. The van der Waals surface area contributed by atoms with E-state index in [4.69, 9.17) is 26.4 Å². The first-order chi connectivity index (χ1) is 9.92. The average molecular weight is 348 g/mol. The van der Waals surface area contributed by atoms with Gasteiger partial charge in [0, 0.05) is 16.8 Å². The third kappa shape index (κ3) is 3.15. The predicted molar refractivity (Wildman–Crippen MR) is 85.0 cm³/mol. The van der Waals surface area contributed by atoms with Crippen LogP contribution in [0.15, 0.2) is 23.6 Å². The number of nitrogens with two attached hydrogens (primary N) is 1. The van der Waals surface area contributed by atoms with Crippen LogP contribution < -0.4 is 5.73 Å². The largest absolute Gasteiger partial charge is 0.369 e. The number of amides is 1. The van der Waals surface area contributed by atoms with E-state index < -0.39 is 19.2 Å². The summed E-state index contributed by atoms with van der Waals surface area (Å²) in [7, 11) is -2.44. The molecule has 114 valence electrons. The monoisotopic (exact) mass is 347 g/mol. The van der Waals surface area contributed by atoms with Gasteiger partial charge in [0.05, 0.1) is 6.61 Å². The molecule has 1 aromatic carbocycles. The highest BCUT2D eigenvalue weighted by atomic mass is 35.5. The number of benzene rings is 1. The molecule has 0 radical (unpaired) electrons. The van der Waals surface area contributed by atoms with Crippen molar-refractivity contribution in [3.05, 3.63) is 34.2 Å². The van der Waals surface area contributed by atoms with Gasteiger partial charge >= 0.3 is 7.60 Å². The zero-order chi connectivity index (χ0) is 15.6. The third-order valence-electron chi connectivity index (χ3n) is 3.01. The average Bonchev–Trinajstić information content (AvgIpc) is 2.82. The van der Waals surface area contributed by atoms with Crippen molar-refractivity contribution in [1.29, 1.82) is 0 Å². The third-order valence-corrected chi connectivity index (χ3v) is 6.52. The molecule has 0 fully saturated rings. The van der Waals surface area contributed by atoms with E-state index in [1.165, 1.54) is 18.4 Å². The molecule has 1 aromatic heterocycles. The van der Waals surface area contributed by atoms with Crippen LogP contribution in [0.1, 0.15) is 18.1 Å². The molecular weight excluding hydrogens is 333 g/mol. The molecule has 2 unspecified atom stereocenters. The van der Waals surface area contributed by atoms with Crippen LogP contribution in [0.3, 0.4) is 0 Å². The maximum absolute atomic E-state index is 12.8. The van der Waals surface area contributed by atoms with E-state index >= 15 is 0 Å². The zero-order valence-corrected chi connectivity index (χ0v) is 14.0. The predicted octanol–water partition coefficient (Wildman–Crippen LogP) is 3.96. The normalized spacial score (nSPS) is 15.8. The lowest BCUT2D eigenvalue weighted by Crippen LogP contribution is -2.23. The Bertz CT molecular complexity index is 717. The first kappa shape index (κ1) is 16.5. The Morgan fingerprint density at radius 2 is 2.24 bits per heavy atom. The SMILES string of the molecule is CCOP(=O)(OC)C(C(N)=O)c1csc2ccc(Cl)cc12. The highest BCUT2D eigenvalue weighted by molar-refractivity contribution is 7.55. The first-order valence-electron chi connectivity index (χ1n) is 6.19. The highest BCUT2D eigenvalue weighted by Crippen LogP contribution is 2.61. The molecule has 2 atom stereocenters. The minimum Gasteiger partial charge on any atom is -0.369 e. The molecule has 0 aliphatic heterocycles. The van der Waals surface area contributed by atoms with Crippen LogP contribution in [0, 0.1) is 0 Å². The van der Waals surface area contributed by atoms with Gasteiger partial charge in [-0.15, -0.1) is 11.3 Å². The molecule has 2 aromatic rings. The van der Waals surface area contributed by atoms with E-state index in [1.54, 1.807) is 24.4 Å². The van der Waals surface area contributed by atoms with Crippen molar-refractivity contribution >= 4 is 46.5 Å². The minimum atomic E-state index is -3.69. The van der Waals surface area contributed by atoms with Crippen LogP contribution in [-0.2, 0) is 18.4 Å². The van der Waals surface area contributed by atoms with Crippen molar-refractivity contribution in [3.63, 3.8) is 0 Å². The lowest BCUT2D eigenvalue weighted by atomic mass is 10.1. The van der Waals surface area contributed by atoms with Crippen LogP contribution in [0.25, 0.3) is 10.1 Å². The first-order valence-corrected chi connectivity index (χ1v) is 9.06. The molecule has 0 saturated heterocycles. The molecule has 0 saturated carbocycles. The van der Waals surface area contributed by atoms with E-state index in [9.17, 15) is 9.36 Å². The summed E-state index contributed by atoms with van der Waals surface area (Å²) < 4.78 is 23.9. The second kappa shape index (κ2) is 6.46. The second-order valence-electron chi connectivity index (χ2n) is 4.28. The molecule has 0 aliphatic rings. The molecule has 0 aliphatic carbocycles. The maximum atomic E-state index is 12.8. The molecule has 1 amide bonds. The van der Waals surface area contributed by atoms with Crippen molar-refractivity contribution in [1.82, 2.24) is 0 Å². The Kier molecular flexibility index (Phi) is 5.07. The molecule has 0 bridgehead atoms. The highest BCUT2D eigenvalue weighted by Gasteiger charge is 2.41.